The van der Waals surface area contributed by atoms with E-state index in [0.717, 1.165) is 11.0 Å². The van der Waals surface area contributed by atoms with Crippen molar-refractivity contribution < 1.29 is 14.0 Å². The topological polar surface area (TPSA) is 71.1 Å². The van der Waals surface area contributed by atoms with Crippen molar-refractivity contribution in [2.24, 2.45) is 0 Å². The molecule has 2 heterocycles. The monoisotopic (exact) mass is 303 g/mol. The molecule has 0 saturated heterocycles. The van der Waals surface area contributed by atoms with Crippen LogP contribution >= 0.6 is 11.8 Å². The van der Waals surface area contributed by atoms with E-state index in [1.165, 1.54) is 24.0 Å². The van der Waals surface area contributed by atoms with E-state index in [2.05, 4.69) is 15.6 Å². The highest BCUT2D eigenvalue weighted by atomic mass is 32.2. The van der Waals surface area contributed by atoms with Gasteiger partial charge in [-0.25, -0.2) is 4.98 Å². The number of benzene rings is 1. The molecule has 0 unspecified atom stereocenters. The molecule has 0 atom stereocenters. The van der Waals surface area contributed by atoms with Gasteiger partial charge in [-0.05, 0) is 30.3 Å². The Hall–Kier alpha value is -2.41. The number of anilines is 2. The number of pyridine rings is 1. The molecule has 21 heavy (non-hydrogen) atoms. The van der Waals surface area contributed by atoms with Crippen molar-refractivity contribution in [1.82, 2.24) is 4.98 Å². The van der Waals surface area contributed by atoms with Crippen molar-refractivity contribution >= 4 is 35.0 Å². The standard InChI is InChI=1S/C14H10FN3O2S/c15-12-4-1-8(6-16-12)14(20)17-9-2-3-11-10(5-9)18-13(19)7-21-11/h1-6H,7H2,(H,17,20)(H,18,19). The number of halogens is 1. The number of hydrogen-bond acceptors (Lipinski definition) is 4. The van der Waals surface area contributed by atoms with E-state index in [1.807, 2.05) is 6.07 Å². The van der Waals surface area contributed by atoms with Crippen LogP contribution in [0.5, 0.6) is 0 Å². The van der Waals surface area contributed by atoms with Crippen molar-refractivity contribution in [2.75, 3.05) is 16.4 Å². The molecule has 1 aliphatic rings. The Morgan fingerprint density at radius 3 is 2.95 bits per heavy atom. The summed E-state index contributed by atoms with van der Waals surface area (Å²) in [4.78, 5) is 27.7. The highest BCUT2D eigenvalue weighted by Crippen LogP contribution is 2.33. The van der Waals surface area contributed by atoms with E-state index in [-0.39, 0.29) is 11.5 Å². The van der Waals surface area contributed by atoms with Crippen LogP contribution in [0.2, 0.25) is 0 Å². The molecule has 2 amide bonds. The molecule has 0 radical (unpaired) electrons. The SMILES string of the molecule is O=C1CSc2ccc(NC(=O)c3ccc(F)nc3)cc2N1. The van der Waals surface area contributed by atoms with Crippen LogP contribution in [-0.4, -0.2) is 22.6 Å². The van der Waals surface area contributed by atoms with Crippen molar-refractivity contribution in [2.45, 2.75) is 4.90 Å². The van der Waals surface area contributed by atoms with E-state index in [0.29, 0.717) is 17.1 Å². The molecule has 0 aliphatic carbocycles. The van der Waals surface area contributed by atoms with Gasteiger partial charge in [0.1, 0.15) is 0 Å². The molecule has 1 aromatic heterocycles. The third-order valence-corrected chi connectivity index (χ3v) is 3.93. The molecule has 2 aromatic rings. The number of carbonyl (C=O) groups is 2. The molecular formula is C14H10FN3O2S. The van der Waals surface area contributed by atoms with E-state index in [4.69, 9.17) is 0 Å². The van der Waals surface area contributed by atoms with E-state index in [1.54, 1.807) is 12.1 Å². The number of fused-ring (bicyclic) bond motifs is 1. The van der Waals surface area contributed by atoms with Crippen LogP contribution < -0.4 is 10.6 Å². The summed E-state index contributed by atoms with van der Waals surface area (Å²) in [6.45, 7) is 0. The average molecular weight is 303 g/mol. The lowest BCUT2D eigenvalue weighted by molar-refractivity contribution is -0.113. The first kappa shape index (κ1) is 13.6. The number of amides is 2. The highest BCUT2D eigenvalue weighted by molar-refractivity contribution is 8.00. The smallest absolute Gasteiger partial charge is 0.257 e. The summed E-state index contributed by atoms with van der Waals surface area (Å²) < 4.78 is 12.7. The molecule has 0 bridgehead atoms. The quantitative estimate of drug-likeness (QED) is 0.836. The summed E-state index contributed by atoms with van der Waals surface area (Å²) in [5, 5.41) is 5.43. The van der Waals surface area contributed by atoms with Crippen LogP contribution in [0, 0.1) is 5.95 Å². The van der Waals surface area contributed by atoms with Gasteiger partial charge in [-0.15, -0.1) is 11.8 Å². The Morgan fingerprint density at radius 2 is 2.19 bits per heavy atom. The van der Waals surface area contributed by atoms with Gasteiger partial charge in [0.25, 0.3) is 5.91 Å². The Kier molecular flexibility index (Phi) is 3.57. The first-order valence-electron chi connectivity index (χ1n) is 6.11. The number of carbonyl (C=O) groups excluding carboxylic acids is 2. The third kappa shape index (κ3) is 3.03. The molecule has 2 N–H and O–H groups in total. The maximum atomic E-state index is 12.7. The largest absolute Gasteiger partial charge is 0.324 e. The van der Waals surface area contributed by atoms with Gasteiger partial charge in [0, 0.05) is 16.8 Å². The van der Waals surface area contributed by atoms with Crippen LogP contribution in [0.15, 0.2) is 41.4 Å². The predicted octanol–water partition coefficient (Wildman–Crippen LogP) is 2.52. The maximum absolute atomic E-state index is 12.7. The fraction of sp³-hybridized carbons (Fsp3) is 0.0714. The lowest BCUT2D eigenvalue weighted by Gasteiger charge is -2.17. The average Bonchev–Trinajstić information content (AvgIpc) is 2.47. The van der Waals surface area contributed by atoms with Crippen LogP contribution in [0.25, 0.3) is 0 Å². The van der Waals surface area contributed by atoms with E-state index >= 15 is 0 Å². The van der Waals surface area contributed by atoms with Gasteiger partial charge < -0.3 is 10.6 Å². The third-order valence-electron chi connectivity index (χ3n) is 2.86. The molecule has 0 fully saturated rings. The zero-order valence-electron chi connectivity index (χ0n) is 10.7. The Balaban J connectivity index is 1.79. The van der Waals surface area contributed by atoms with Crippen LogP contribution in [-0.2, 0) is 4.79 Å². The van der Waals surface area contributed by atoms with E-state index in [9.17, 15) is 14.0 Å². The van der Waals surface area contributed by atoms with Gasteiger partial charge in [0.2, 0.25) is 11.9 Å². The number of aromatic nitrogens is 1. The second-order valence-electron chi connectivity index (χ2n) is 4.37. The molecular weight excluding hydrogens is 293 g/mol. The Morgan fingerprint density at radius 1 is 1.33 bits per heavy atom. The summed E-state index contributed by atoms with van der Waals surface area (Å²) in [7, 11) is 0. The number of rotatable bonds is 2. The summed E-state index contributed by atoms with van der Waals surface area (Å²) in [5.41, 5.74) is 1.48. The fourth-order valence-electron chi connectivity index (χ4n) is 1.87. The van der Waals surface area contributed by atoms with Gasteiger partial charge in [-0.2, -0.15) is 4.39 Å². The van der Waals surface area contributed by atoms with Gasteiger partial charge in [-0.1, -0.05) is 0 Å². The molecule has 5 nitrogen and oxygen atoms in total. The van der Waals surface area contributed by atoms with Crippen LogP contribution in [0.1, 0.15) is 10.4 Å². The normalized spacial score (nSPS) is 13.3. The van der Waals surface area contributed by atoms with Gasteiger partial charge in [0.15, 0.2) is 0 Å². The first-order chi connectivity index (χ1) is 10.1. The van der Waals surface area contributed by atoms with Crippen molar-refractivity contribution in [3.63, 3.8) is 0 Å². The summed E-state index contributed by atoms with van der Waals surface area (Å²) in [6, 6.07) is 7.75. The molecule has 3 rings (SSSR count). The number of nitrogens with zero attached hydrogens (tertiary/aromatic N) is 1. The summed E-state index contributed by atoms with van der Waals surface area (Å²) in [6.07, 6.45) is 1.17. The zero-order chi connectivity index (χ0) is 14.8. The molecule has 0 saturated carbocycles. The number of hydrogen-bond donors (Lipinski definition) is 2. The summed E-state index contributed by atoms with van der Waals surface area (Å²) >= 11 is 1.45. The lowest BCUT2D eigenvalue weighted by Crippen LogP contribution is -2.19. The number of thioether (sulfide) groups is 1. The maximum Gasteiger partial charge on any atom is 0.257 e. The molecule has 106 valence electrons. The minimum absolute atomic E-state index is 0.0706. The Labute approximate surface area is 124 Å². The predicted molar refractivity (Wildman–Crippen MR) is 77.9 cm³/mol. The molecule has 0 spiro atoms. The first-order valence-corrected chi connectivity index (χ1v) is 7.10. The van der Waals surface area contributed by atoms with Gasteiger partial charge >= 0.3 is 0 Å². The fourth-order valence-corrected chi connectivity index (χ4v) is 2.66. The molecule has 7 heteroatoms. The van der Waals surface area contributed by atoms with Crippen LogP contribution in [0.4, 0.5) is 15.8 Å². The second-order valence-corrected chi connectivity index (χ2v) is 5.39. The minimum atomic E-state index is -0.639. The van der Waals surface area contributed by atoms with Gasteiger partial charge in [0.05, 0.1) is 17.0 Å². The zero-order valence-corrected chi connectivity index (χ0v) is 11.5. The van der Waals surface area contributed by atoms with E-state index < -0.39 is 11.9 Å². The second kappa shape index (κ2) is 5.53. The molecule has 1 aromatic carbocycles. The lowest BCUT2D eigenvalue weighted by atomic mass is 10.2. The van der Waals surface area contributed by atoms with Crippen molar-refractivity contribution in [3.05, 3.63) is 48.0 Å². The highest BCUT2D eigenvalue weighted by Gasteiger charge is 2.16. The van der Waals surface area contributed by atoms with Crippen molar-refractivity contribution in [1.29, 1.82) is 0 Å². The minimum Gasteiger partial charge on any atom is -0.324 e. The number of nitrogens with one attached hydrogen (secondary N) is 2. The summed E-state index contributed by atoms with van der Waals surface area (Å²) in [5.74, 6) is -0.712. The van der Waals surface area contributed by atoms with Gasteiger partial charge in [-0.3, -0.25) is 9.59 Å². The van der Waals surface area contributed by atoms with Crippen molar-refractivity contribution in [3.8, 4) is 0 Å². The molecule has 1 aliphatic heterocycles. The Bertz CT molecular complexity index is 719. The van der Waals surface area contributed by atoms with Crippen LogP contribution in [0.3, 0.4) is 0 Å².